The fraction of sp³-hybridized carbons (Fsp3) is 0.250. The second-order valence-corrected chi connectivity index (χ2v) is 7.83. The largest absolute Gasteiger partial charge is 0.366 e. The summed E-state index contributed by atoms with van der Waals surface area (Å²) in [5.74, 6) is 0.121. The molecule has 31 heavy (non-hydrogen) atoms. The summed E-state index contributed by atoms with van der Waals surface area (Å²) < 4.78 is 0. The molecule has 2 N–H and O–H groups in total. The van der Waals surface area contributed by atoms with Crippen molar-refractivity contribution in [3.05, 3.63) is 77.6 Å². The Labute approximate surface area is 181 Å². The molecule has 1 aromatic heterocycles. The third kappa shape index (κ3) is 4.12. The van der Waals surface area contributed by atoms with Crippen molar-refractivity contribution in [2.24, 2.45) is 5.73 Å². The zero-order valence-electron chi connectivity index (χ0n) is 17.7. The first-order valence-corrected chi connectivity index (χ1v) is 10.3. The first-order valence-electron chi connectivity index (χ1n) is 10.3. The van der Waals surface area contributed by atoms with Gasteiger partial charge in [0.05, 0.1) is 11.7 Å². The predicted octanol–water partition coefficient (Wildman–Crippen LogP) is 3.29. The van der Waals surface area contributed by atoms with Gasteiger partial charge in [-0.3, -0.25) is 9.59 Å². The number of carbonyl (C=O) groups is 2. The zero-order valence-corrected chi connectivity index (χ0v) is 17.7. The molecule has 0 unspecified atom stereocenters. The molecule has 0 radical (unpaired) electrons. The van der Waals surface area contributed by atoms with Gasteiger partial charge in [0.1, 0.15) is 0 Å². The van der Waals surface area contributed by atoms with Crippen LogP contribution in [0, 0.1) is 0 Å². The molecule has 1 aliphatic rings. The Balaban J connectivity index is 1.77. The van der Waals surface area contributed by atoms with Crippen LogP contribution in [0.2, 0.25) is 0 Å². The van der Waals surface area contributed by atoms with Gasteiger partial charge in [0.15, 0.2) is 0 Å². The van der Waals surface area contributed by atoms with E-state index in [2.05, 4.69) is 4.98 Å². The summed E-state index contributed by atoms with van der Waals surface area (Å²) >= 11 is 0. The number of amides is 2. The highest BCUT2D eigenvalue weighted by atomic mass is 16.2. The molecule has 0 saturated carbocycles. The van der Waals surface area contributed by atoms with E-state index < -0.39 is 5.91 Å². The van der Waals surface area contributed by atoms with E-state index in [0.717, 1.165) is 29.7 Å². The van der Waals surface area contributed by atoms with Crippen LogP contribution < -0.4 is 10.6 Å². The minimum atomic E-state index is -0.471. The summed E-state index contributed by atoms with van der Waals surface area (Å²) in [6, 6.07) is 16.3. The van der Waals surface area contributed by atoms with Gasteiger partial charge in [-0.25, -0.2) is 9.97 Å². The van der Waals surface area contributed by atoms with Gasteiger partial charge < -0.3 is 15.5 Å². The lowest BCUT2D eigenvalue weighted by Crippen LogP contribution is -2.31. The number of likely N-dealkylation sites (tertiary alicyclic amines) is 1. The molecule has 1 fully saturated rings. The predicted molar refractivity (Wildman–Crippen MR) is 120 cm³/mol. The molecule has 2 aromatic carbocycles. The van der Waals surface area contributed by atoms with Crippen LogP contribution in [0.5, 0.6) is 0 Å². The molecule has 7 nitrogen and oxygen atoms in total. The average Bonchev–Trinajstić information content (AvgIpc) is 3.28. The Morgan fingerprint density at radius 2 is 1.74 bits per heavy atom. The van der Waals surface area contributed by atoms with Gasteiger partial charge in [0.25, 0.3) is 5.91 Å². The maximum Gasteiger partial charge on any atom is 0.254 e. The Kier molecular flexibility index (Phi) is 5.66. The minimum Gasteiger partial charge on any atom is -0.366 e. The van der Waals surface area contributed by atoms with Crippen LogP contribution in [-0.4, -0.2) is 47.3 Å². The van der Waals surface area contributed by atoms with Crippen molar-refractivity contribution in [1.29, 1.82) is 0 Å². The number of anilines is 1. The Bertz CT molecular complexity index is 1100. The van der Waals surface area contributed by atoms with E-state index in [1.165, 1.54) is 0 Å². The number of nitrogens with zero attached hydrogens (tertiary/aromatic N) is 4. The standard InChI is InChI=1S/C24H25N5O2/c1-28(2)24-26-15-19(16-10-12-17(13-11-16)22(25)30)21(27-24)20-9-6-14-29(20)23(31)18-7-4-3-5-8-18/h3-5,7-8,10-13,15,20H,6,9,14H2,1-2H3,(H2,25,30)/t20-/m1/s1. The normalized spacial score (nSPS) is 15.7. The summed E-state index contributed by atoms with van der Waals surface area (Å²) in [6.07, 6.45) is 3.53. The molecular formula is C24H25N5O2. The quantitative estimate of drug-likeness (QED) is 0.690. The molecule has 158 valence electrons. The Morgan fingerprint density at radius 1 is 1.03 bits per heavy atom. The topological polar surface area (TPSA) is 92.4 Å². The molecule has 1 aliphatic heterocycles. The van der Waals surface area contributed by atoms with E-state index in [1.54, 1.807) is 18.3 Å². The minimum absolute atomic E-state index is 0.00291. The lowest BCUT2D eigenvalue weighted by atomic mass is 9.98. The van der Waals surface area contributed by atoms with Crippen LogP contribution in [-0.2, 0) is 0 Å². The number of hydrogen-bond donors (Lipinski definition) is 1. The second-order valence-electron chi connectivity index (χ2n) is 7.83. The highest BCUT2D eigenvalue weighted by molar-refractivity contribution is 5.95. The van der Waals surface area contributed by atoms with Gasteiger partial charge in [0.2, 0.25) is 11.9 Å². The van der Waals surface area contributed by atoms with E-state index in [1.807, 2.05) is 66.4 Å². The first kappa shape index (κ1) is 20.5. The maximum absolute atomic E-state index is 13.2. The van der Waals surface area contributed by atoms with E-state index >= 15 is 0 Å². The van der Waals surface area contributed by atoms with Crippen LogP contribution in [0.15, 0.2) is 60.8 Å². The van der Waals surface area contributed by atoms with Crippen molar-refractivity contribution in [2.45, 2.75) is 18.9 Å². The van der Waals surface area contributed by atoms with Gasteiger partial charge in [-0.15, -0.1) is 0 Å². The number of primary amides is 1. The van der Waals surface area contributed by atoms with Crippen LogP contribution in [0.3, 0.4) is 0 Å². The average molecular weight is 415 g/mol. The van der Waals surface area contributed by atoms with Crippen molar-refractivity contribution in [3.63, 3.8) is 0 Å². The lowest BCUT2D eigenvalue weighted by Gasteiger charge is -2.27. The van der Waals surface area contributed by atoms with Gasteiger partial charge in [-0.05, 0) is 42.7 Å². The SMILES string of the molecule is CN(C)c1ncc(-c2ccc(C(N)=O)cc2)c([C@H]2CCCN2C(=O)c2ccccc2)n1. The van der Waals surface area contributed by atoms with Crippen molar-refractivity contribution in [3.8, 4) is 11.1 Å². The monoisotopic (exact) mass is 415 g/mol. The van der Waals surface area contributed by atoms with Crippen molar-refractivity contribution in [2.75, 3.05) is 25.5 Å². The third-order valence-corrected chi connectivity index (χ3v) is 5.54. The highest BCUT2D eigenvalue weighted by Gasteiger charge is 2.33. The van der Waals surface area contributed by atoms with E-state index in [9.17, 15) is 9.59 Å². The Hall–Kier alpha value is -3.74. The lowest BCUT2D eigenvalue weighted by molar-refractivity contribution is 0.0733. The van der Waals surface area contributed by atoms with Gasteiger partial charge in [0, 0.05) is 43.5 Å². The smallest absolute Gasteiger partial charge is 0.254 e. The second kappa shape index (κ2) is 8.55. The molecular weight excluding hydrogens is 390 g/mol. The number of benzene rings is 2. The molecule has 7 heteroatoms. The van der Waals surface area contributed by atoms with E-state index in [-0.39, 0.29) is 11.9 Å². The van der Waals surface area contributed by atoms with Gasteiger partial charge >= 0.3 is 0 Å². The number of carbonyl (C=O) groups excluding carboxylic acids is 2. The van der Waals surface area contributed by atoms with E-state index in [0.29, 0.717) is 23.6 Å². The first-order chi connectivity index (χ1) is 15.0. The maximum atomic E-state index is 13.2. The third-order valence-electron chi connectivity index (χ3n) is 5.54. The molecule has 0 aliphatic carbocycles. The Morgan fingerprint density at radius 3 is 2.39 bits per heavy atom. The number of rotatable bonds is 5. The number of aromatic nitrogens is 2. The highest BCUT2D eigenvalue weighted by Crippen LogP contribution is 2.38. The molecule has 4 rings (SSSR count). The molecule has 1 atom stereocenters. The molecule has 0 spiro atoms. The van der Waals surface area contributed by atoms with Crippen molar-refractivity contribution < 1.29 is 9.59 Å². The van der Waals surface area contributed by atoms with Crippen LogP contribution >= 0.6 is 0 Å². The number of hydrogen-bond acceptors (Lipinski definition) is 5. The molecule has 3 aromatic rings. The van der Waals surface area contributed by atoms with Crippen LogP contribution in [0.4, 0.5) is 5.95 Å². The molecule has 2 heterocycles. The molecule has 2 amide bonds. The van der Waals surface area contributed by atoms with Gasteiger partial charge in [-0.1, -0.05) is 30.3 Å². The summed E-state index contributed by atoms with van der Waals surface area (Å²) in [7, 11) is 3.78. The fourth-order valence-electron chi connectivity index (χ4n) is 3.93. The van der Waals surface area contributed by atoms with Crippen molar-refractivity contribution in [1.82, 2.24) is 14.9 Å². The molecule has 0 bridgehead atoms. The summed E-state index contributed by atoms with van der Waals surface area (Å²) in [5, 5.41) is 0. The van der Waals surface area contributed by atoms with E-state index in [4.69, 9.17) is 10.7 Å². The van der Waals surface area contributed by atoms with Crippen molar-refractivity contribution >= 4 is 17.8 Å². The zero-order chi connectivity index (χ0) is 22.0. The summed E-state index contributed by atoms with van der Waals surface area (Å²) in [6.45, 7) is 0.680. The fourth-order valence-corrected chi connectivity index (χ4v) is 3.93. The summed E-state index contributed by atoms with van der Waals surface area (Å²) in [4.78, 5) is 37.8. The number of nitrogens with two attached hydrogens (primary N) is 1. The van der Waals surface area contributed by atoms with Crippen LogP contribution in [0.25, 0.3) is 11.1 Å². The van der Waals surface area contributed by atoms with Crippen LogP contribution in [0.1, 0.15) is 45.3 Å². The van der Waals surface area contributed by atoms with Gasteiger partial charge in [-0.2, -0.15) is 0 Å². The summed E-state index contributed by atoms with van der Waals surface area (Å²) in [5.41, 5.74) is 9.03. The molecule has 1 saturated heterocycles.